The van der Waals surface area contributed by atoms with Crippen LogP contribution in [0.1, 0.15) is 85.0 Å². The van der Waals surface area contributed by atoms with E-state index in [0.717, 1.165) is 25.7 Å². The van der Waals surface area contributed by atoms with Crippen LogP contribution in [0, 0.1) is 5.92 Å². The molecule has 0 radical (unpaired) electrons. The highest BCUT2D eigenvalue weighted by Crippen LogP contribution is 2.19. The molecule has 0 bridgehead atoms. The van der Waals surface area contributed by atoms with Crippen molar-refractivity contribution in [2.45, 2.75) is 97.2 Å². The summed E-state index contributed by atoms with van der Waals surface area (Å²) in [5.41, 5.74) is 0. The molecule has 2 N–H and O–H groups in total. The number of hydrogen-bond acceptors (Lipinski definition) is 2. The summed E-state index contributed by atoms with van der Waals surface area (Å²) in [6, 6.07) is 0. The summed E-state index contributed by atoms with van der Waals surface area (Å²) in [6.45, 7) is 6.39. The van der Waals surface area contributed by atoms with E-state index in [2.05, 4.69) is 20.8 Å². The second-order valence-corrected chi connectivity index (χ2v) is 5.54. The van der Waals surface area contributed by atoms with Gasteiger partial charge in [0, 0.05) is 0 Å². The summed E-state index contributed by atoms with van der Waals surface area (Å²) in [5, 5.41) is 19.9. The molecular weight excluding hydrogens is 224 g/mol. The Bertz CT molecular complexity index is 166. The highest BCUT2D eigenvalue weighted by atomic mass is 16.3. The van der Waals surface area contributed by atoms with E-state index in [-0.39, 0.29) is 5.92 Å². The Hall–Kier alpha value is -0.0800. The average Bonchev–Trinajstić information content (AvgIpc) is 2.38. The SMILES string of the molecule is CCCCCCCCCC(O)C(O)C(CC)CC. The maximum absolute atomic E-state index is 10.0. The third-order valence-electron chi connectivity index (χ3n) is 4.03. The first-order valence-corrected chi connectivity index (χ1v) is 8.03. The van der Waals surface area contributed by atoms with Gasteiger partial charge in [0.05, 0.1) is 12.2 Å². The predicted octanol–water partition coefficient (Wildman–Crippen LogP) is 4.29. The maximum Gasteiger partial charge on any atom is 0.0826 e. The molecule has 0 aromatic rings. The number of aliphatic hydroxyl groups excluding tert-OH is 2. The van der Waals surface area contributed by atoms with E-state index >= 15 is 0 Å². The minimum atomic E-state index is -0.528. The molecule has 0 spiro atoms. The summed E-state index contributed by atoms with van der Waals surface area (Å²) >= 11 is 0. The van der Waals surface area contributed by atoms with Crippen LogP contribution in [0.4, 0.5) is 0 Å². The Morgan fingerprint density at radius 2 is 1.22 bits per heavy atom. The quantitative estimate of drug-likeness (QED) is 0.513. The van der Waals surface area contributed by atoms with Crippen LogP contribution in [0.15, 0.2) is 0 Å². The van der Waals surface area contributed by atoms with Gasteiger partial charge >= 0.3 is 0 Å². The molecule has 2 heteroatoms. The second kappa shape index (κ2) is 12.0. The highest BCUT2D eigenvalue weighted by Gasteiger charge is 2.22. The molecule has 0 aliphatic rings. The van der Waals surface area contributed by atoms with E-state index < -0.39 is 12.2 Å². The van der Waals surface area contributed by atoms with Crippen molar-refractivity contribution in [3.8, 4) is 0 Å². The van der Waals surface area contributed by atoms with E-state index in [4.69, 9.17) is 0 Å². The molecule has 0 aliphatic carbocycles. The van der Waals surface area contributed by atoms with Crippen LogP contribution in [0.2, 0.25) is 0 Å². The van der Waals surface area contributed by atoms with Crippen LogP contribution < -0.4 is 0 Å². The summed E-state index contributed by atoms with van der Waals surface area (Å²) in [7, 11) is 0. The van der Waals surface area contributed by atoms with Gasteiger partial charge in [-0.25, -0.2) is 0 Å². The standard InChI is InChI=1S/C16H34O2/c1-4-7-8-9-10-11-12-13-15(17)16(18)14(5-2)6-3/h14-18H,4-13H2,1-3H3. The topological polar surface area (TPSA) is 40.5 Å². The first-order chi connectivity index (χ1) is 8.67. The van der Waals surface area contributed by atoms with Gasteiger partial charge in [0.1, 0.15) is 0 Å². The van der Waals surface area contributed by atoms with Gasteiger partial charge < -0.3 is 10.2 Å². The normalized spacial score (nSPS) is 15.0. The summed E-state index contributed by atoms with van der Waals surface area (Å²) in [4.78, 5) is 0. The molecule has 2 atom stereocenters. The van der Waals surface area contributed by atoms with E-state index in [0.29, 0.717) is 0 Å². The predicted molar refractivity (Wildman–Crippen MR) is 78.7 cm³/mol. The zero-order valence-corrected chi connectivity index (χ0v) is 12.7. The van der Waals surface area contributed by atoms with Gasteiger partial charge in [-0.2, -0.15) is 0 Å². The van der Waals surface area contributed by atoms with E-state index in [9.17, 15) is 10.2 Å². The lowest BCUT2D eigenvalue weighted by Crippen LogP contribution is -2.32. The zero-order valence-electron chi connectivity index (χ0n) is 12.7. The van der Waals surface area contributed by atoms with Crippen LogP contribution in [0.5, 0.6) is 0 Å². The van der Waals surface area contributed by atoms with Crippen LogP contribution >= 0.6 is 0 Å². The zero-order chi connectivity index (χ0) is 13.8. The fourth-order valence-electron chi connectivity index (χ4n) is 2.57. The van der Waals surface area contributed by atoms with E-state index in [1.807, 2.05) is 0 Å². The lowest BCUT2D eigenvalue weighted by atomic mass is 9.90. The van der Waals surface area contributed by atoms with Crippen molar-refractivity contribution >= 4 is 0 Å². The number of rotatable bonds is 12. The van der Waals surface area contributed by atoms with Crippen molar-refractivity contribution in [2.24, 2.45) is 5.92 Å². The number of aliphatic hydroxyl groups is 2. The molecule has 18 heavy (non-hydrogen) atoms. The van der Waals surface area contributed by atoms with Gasteiger partial charge in [-0.05, 0) is 12.3 Å². The Morgan fingerprint density at radius 3 is 1.72 bits per heavy atom. The van der Waals surface area contributed by atoms with Gasteiger partial charge in [0.25, 0.3) is 0 Å². The molecular formula is C16H34O2. The van der Waals surface area contributed by atoms with Crippen molar-refractivity contribution in [1.82, 2.24) is 0 Å². The molecule has 0 heterocycles. The lowest BCUT2D eigenvalue weighted by molar-refractivity contribution is -0.0242. The van der Waals surface area contributed by atoms with Gasteiger partial charge in [0.15, 0.2) is 0 Å². The molecule has 0 rings (SSSR count). The van der Waals surface area contributed by atoms with Gasteiger partial charge in [0.2, 0.25) is 0 Å². The fourth-order valence-corrected chi connectivity index (χ4v) is 2.57. The minimum absolute atomic E-state index is 0.254. The van der Waals surface area contributed by atoms with Crippen molar-refractivity contribution in [1.29, 1.82) is 0 Å². The largest absolute Gasteiger partial charge is 0.390 e. The Kier molecular flexibility index (Phi) is 11.9. The van der Waals surface area contributed by atoms with Crippen LogP contribution in [-0.4, -0.2) is 22.4 Å². The van der Waals surface area contributed by atoms with E-state index in [1.54, 1.807) is 0 Å². The lowest BCUT2D eigenvalue weighted by Gasteiger charge is -2.25. The average molecular weight is 258 g/mol. The Balaban J connectivity index is 3.54. The molecule has 0 amide bonds. The minimum Gasteiger partial charge on any atom is -0.390 e. The number of unbranched alkanes of at least 4 members (excludes halogenated alkanes) is 6. The van der Waals surface area contributed by atoms with Crippen molar-refractivity contribution in [3.63, 3.8) is 0 Å². The van der Waals surface area contributed by atoms with Crippen LogP contribution in [-0.2, 0) is 0 Å². The van der Waals surface area contributed by atoms with Gasteiger partial charge in [-0.1, -0.05) is 78.6 Å². The molecule has 0 saturated heterocycles. The second-order valence-electron chi connectivity index (χ2n) is 5.54. The van der Waals surface area contributed by atoms with Crippen molar-refractivity contribution in [2.75, 3.05) is 0 Å². The van der Waals surface area contributed by atoms with Gasteiger partial charge in [-0.3, -0.25) is 0 Å². The molecule has 2 unspecified atom stereocenters. The van der Waals surface area contributed by atoms with E-state index in [1.165, 1.54) is 38.5 Å². The molecule has 2 nitrogen and oxygen atoms in total. The first-order valence-electron chi connectivity index (χ1n) is 8.03. The molecule has 0 aromatic carbocycles. The highest BCUT2D eigenvalue weighted by molar-refractivity contribution is 4.74. The van der Waals surface area contributed by atoms with Gasteiger partial charge in [-0.15, -0.1) is 0 Å². The third-order valence-corrected chi connectivity index (χ3v) is 4.03. The van der Waals surface area contributed by atoms with Crippen molar-refractivity contribution in [3.05, 3.63) is 0 Å². The fraction of sp³-hybridized carbons (Fsp3) is 1.00. The first kappa shape index (κ1) is 17.9. The third kappa shape index (κ3) is 8.10. The molecule has 0 aromatic heterocycles. The molecule has 0 saturated carbocycles. The summed E-state index contributed by atoms with van der Waals surface area (Å²) in [5.74, 6) is 0.254. The monoisotopic (exact) mass is 258 g/mol. The van der Waals surface area contributed by atoms with Crippen molar-refractivity contribution < 1.29 is 10.2 Å². The Labute approximate surface area is 114 Å². The molecule has 0 fully saturated rings. The van der Waals surface area contributed by atoms with Crippen LogP contribution in [0.3, 0.4) is 0 Å². The molecule has 110 valence electrons. The maximum atomic E-state index is 10.0. The number of hydrogen-bond donors (Lipinski definition) is 2. The smallest absolute Gasteiger partial charge is 0.0826 e. The Morgan fingerprint density at radius 1 is 0.722 bits per heavy atom. The molecule has 0 aliphatic heterocycles. The summed E-state index contributed by atoms with van der Waals surface area (Å²) < 4.78 is 0. The van der Waals surface area contributed by atoms with Crippen LogP contribution in [0.25, 0.3) is 0 Å². The summed E-state index contributed by atoms with van der Waals surface area (Å²) in [6.07, 6.45) is 10.4.